The Kier molecular flexibility index (Phi) is 3.99. The van der Waals surface area contributed by atoms with Crippen LogP contribution in [0.4, 0.5) is 0 Å². The van der Waals surface area contributed by atoms with Gasteiger partial charge < -0.3 is 9.73 Å². The number of oxazole rings is 1. The third-order valence-corrected chi connectivity index (χ3v) is 2.86. The highest BCUT2D eigenvalue weighted by molar-refractivity contribution is 6.30. The maximum absolute atomic E-state index is 11.8. The predicted molar refractivity (Wildman–Crippen MR) is 68.1 cm³/mol. The van der Waals surface area contributed by atoms with Gasteiger partial charge in [-0.2, -0.15) is 0 Å². The number of benzene rings is 1. The Morgan fingerprint density at radius 1 is 1.44 bits per heavy atom. The second kappa shape index (κ2) is 5.69. The smallest absolute Gasteiger partial charge is 0.243 e. The van der Waals surface area contributed by atoms with Gasteiger partial charge in [0.1, 0.15) is 11.1 Å². The van der Waals surface area contributed by atoms with E-state index < -0.39 is 5.38 Å². The molecule has 1 amide bonds. The number of aromatic nitrogens is 1. The van der Waals surface area contributed by atoms with E-state index in [2.05, 4.69) is 10.3 Å². The van der Waals surface area contributed by atoms with Crippen molar-refractivity contribution in [2.45, 2.75) is 18.8 Å². The van der Waals surface area contributed by atoms with Crippen molar-refractivity contribution >= 4 is 17.5 Å². The van der Waals surface area contributed by atoms with Crippen LogP contribution in [0.15, 0.2) is 40.9 Å². The Morgan fingerprint density at radius 3 is 2.78 bits per heavy atom. The van der Waals surface area contributed by atoms with E-state index in [1.165, 1.54) is 0 Å². The second-order valence-electron chi connectivity index (χ2n) is 3.86. The van der Waals surface area contributed by atoms with Crippen LogP contribution in [0.5, 0.6) is 0 Å². The standard InChI is InChI=1S/C13H13ClN2O2/c1-9-7-15-11(18-9)8-16-13(17)12(14)10-5-3-2-4-6-10/h2-7,12H,8H2,1H3,(H,16,17). The zero-order valence-electron chi connectivity index (χ0n) is 9.89. The summed E-state index contributed by atoms with van der Waals surface area (Å²) in [6.07, 6.45) is 1.61. The molecule has 1 atom stereocenters. The molecule has 18 heavy (non-hydrogen) atoms. The van der Waals surface area contributed by atoms with E-state index in [1.807, 2.05) is 30.3 Å². The highest BCUT2D eigenvalue weighted by Crippen LogP contribution is 2.19. The molecule has 0 saturated carbocycles. The topological polar surface area (TPSA) is 55.1 Å². The molecule has 1 aromatic heterocycles. The molecule has 4 nitrogen and oxygen atoms in total. The van der Waals surface area contributed by atoms with Crippen LogP contribution in [-0.4, -0.2) is 10.9 Å². The molecule has 2 rings (SSSR count). The quantitative estimate of drug-likeness (QED) is 0.864. The molecule has 2 aromatic rings. The Morgan fingerprint density at radius 2 is 2.17 bits per heavy atom. The summed E-state index contributed by atoms with van der Waals surface area (Å²) < 4.78 is 5.25. The van der Waals surface area contributed by atoms with Crippen molar-refractivity contribution in [3.63, 3.8) is 0 Å². The number of carbonyl (C=O) groups is 1. The Hall–Kier alpha value is -1.81. The van der Waals surface area contributed by atoms with Crippen molar-refractivity contribution < 1.29 is 9.21 Å². The van der Waals surface area contributed by atoms with E-state index in [9.17, 15) is 4.79 Å². The molecule has 0 fully saturated rings. The van der Waals surface area contributed by atoms with Gasteiger partial charge in [-0.15, -0.1) is 11.6 Å². The van der Waals surface area contributed by atoms with E-state index >= 15 is 0 Å². The van der Waals surface area contributed by atoms with Crippen molar-refractivity contribution in [3.05, 3.63) is 53.7 Å². The number of hydrogen-bond acceptors (Lipinski definition) is 3. The molecule has 0 saturated heterocycles. The van der Waals surface area contributed by atoms with Gasteiger partial charge in [-0.05, 0) is 12.5 Å². The number of aryl methyl sites for hydroxylation is 1. The number of carbonyl (C=O) groups excluding carboxylic acids is 1. The molecule has 0 aliphatic heterocycles. The van der Waals surface area contributed by atoms with Gasteiger partial charge in [-0.3, -0.25) is 4.79 Å². The summed E-state index contributed by atoms with van der Waals surface area (Å²) in [5.74, 6) is 0.918. The fourth-order valence-corrected chi connectivity index (χ4v) is 1.73. The Balaban J connectivity index is 1.92. The summed E-state index contributed by atoms with van der Waals surface area (Å²) in [6, 6.07) is 9.19. The number of rotatable bonds is 4. The molecule has 1 unspecified atom stereocenters. The number of nitrogens with zero attached hydrogens (tertiary/aromatic N) is 1. The van der Waals surface area contributed by atoms with Crippen LogP contribution in [0.25, 0.3) is 0 Å². The third kappa shape index (κ3) is 3.11. The maximum atomic E-state index is 11.8. The molecule has 0 bridgehead atoms. The van der Waals surface area contributed by atoms with Gasteiger partial charge in [0.25, 0.3) is 0 Å². The SMILES string of the molecule is Cc1cnc(CNC(=O)C(Cl)c2ccccc2)o1. The van der Waals surface area contributed by atoms with Crippen LogP contribution in [0.3, 0.4) is 0 Å². The second-order valence-corrected chi connectivity index (χ2v) is 4.29. The lowest BCUT2D eigenvalue weighted by molar-refractivity contribution is -0.121. The van der Waals surface area contributed by atoms with Gasteiger partial charge >= 0.3 is 0 Å². The van der Waals surface area contributed by atoms with Crippen molar-refractivity contribution in [1.82, 2.24) is 10.3 Å². The summed E-state index contributed by atoms with van der Waals surface area (Å²) in [7, 11) is 0. The minimum absolute atomic E-state index is 0.239. The average Bonchev–Trinajstić information content (AvgIpc) is 2.82. The third-order valence-electron chi connectivity index (χ3n) is 2.41. The molecule has 0 aliphatic rings. The number of hydrogen-bond donors (Lipinski definition) is 1. The van der Waals surface area contributed by atoms with E-state index in [0.717, 1.165) is 5.56 Å². The van der Waals surface area contributed by atoms with Crippen LogP contribution in [0.2, 0.25) is 0 Å². The summed E-state index contributed by atoms with van der Waals surface area (Å²) in [4.78, 5) is 15.8. The molecule has 5 heteroatoms. The first-order chi connectivity index (χ1) is 8.66. The average molecular weight is 265 g/mol. The summed E-state index contributed by atoms with van der Waals surface area (Å²) in [5.41, 5.74) is 0.764. The first-order valence-corrected chi connectivity index (χ1v) is 5.98. The number of amides is 1. The fourth-order valence-electron chi connectivity index (χ4n) is 1.51. The minimum atomic E-state index is -0.706. The van der Waals surface area contributed by atoms with Crippen molar-refractivity contribution in [1.29, 1.82) is 0 Å². The van der Waals surface area contributed by atoms with E-state index in [-0.39, 0.29) is 12.5 Å². The fraction of sp³-hybridized carbons (Fsp3) is 0.231. The van der Waals surface area contributed by atoms with Crippen molar-refractivity contribution in [3.8, 4) is 0 Å². The summed E-state index contributed by atoms with van der Waals surface area (Å²) >= 11 is 6.07. The molecule has 0 radical (unpaired) electrons. The number of nitrogens with one attached hydrogen (secondary N) is 1. The molecular formula is C13H13ClN2O2. The van der Waals surface area contributed by atoms with Gasteiger partial charge in [-0.1, -0.05) is 30.3 Å². The number of halogens is 1. The van der Waals surface area contributed by atoms with Crippen LogP contribution in [-0.2, 0) is 11.3 Å². The normalized spacial score (nSPS) is 12.1. The van der Waals surface area contributed by atoms with Gasteiger partial charge in [0.05, 0.1) is 12.7 Å². The van der Waals surface area contributed by atoms with E-state index in [0.29, 0.717) is 11.7 Å². The summed E-state index contributed by atoms with van der Waals surface area (Å²) in [6.45, 7) is 2.04. The molecule has 1 heterocycles. The number of alkyl halides is 1. The lowest BCUT2D eigenvalue weighted by Crippen LogP contribution is -2.26. The monoisotopic (exact) mass is 264 g/mol. The van der Waals surface area contributed by atoms with Gasteiger partial charge in [-0.25, -0.2) is 4.98 Å². The highest BCUT2D eigenvalue weighted by atomic mass is 35.5. The first kappa shape index (κ1) is 12.6. The Bertz CT molecular complexity index is 525. The van der Waals surface area contributed by atoms with E-state index in [4.69, 9.17) is 16.0 Å². The van der Waals surface area contributed by atoms with Gasteiger partial charge in [0.15, 0.2) is 0 Å². The molecule has 1 N–H and O–H groups in total. The highest BCUT2D eigenvalue weighted by Gasteiger charge is 2.17. The molecule has 1 aromatic carbocycles. The van der Waals surface area contributed by atoms with Crippen LogP contribution in [0.1, 0.15) is 22.6 Å². The molecular weight excluding hydrogens is 252 g/mol. The lowest BCUT2D eigenvalue weighted by Gasteiger charge is -2.09. The first-order valence-electron chi connectivity index (χ1n) is 5.55. The lowest BCUT2D eigenvalue weighted by atomic mass is 10.1. The van der Waals surface area contributed by atoms with Crippen molar-refractivity contribution in [2.75, 3.05) is 0 Å². The Labute approximate surface area is 110 Å². The summed E-state index contributed by atoms with van der Waals surface area (Å²) in [5, 5.41) is 1.98. The predicted octanol–water partition coefficient (Wildman–Crippen LogP) is 2.58. The zero-order chi connectivity index (χ0) is 13.0. The zero-order valence-corrected chi connectivity index (χ0v) is 10.6. The van der Waals surface area contributed by atoms with E-state index in [1.54, 1.807) is 13.1 Å². The largest absolute Gasteiger partial charge is 0.444 e. The van der Waals surface area contributed by atoms with Gasteiger partial charge in [0.2, 0.25) is 11.8 Å². The van der Waals surface area contributed by atoms with Crippen LogP contribution >= 0.6 is 11.6 Å². The molecule has 0 spiro atoms. The minimum Gasteiger partial charge on any atom is -0.444 e. The van der Waals surface area contributed by atoms with Gasteiger partial charge in [0, 0.05) is 0 Å². The van der Waals surface area contributed by atoms with Crippen LogP contribution < -0.4 is 5.32 Å². The molecule has 0 aliphatic carbocycles. The van der Waals surface area contributed by atoms with Crippen molar-refractivity contribution in [2.24, 2.45) is 0 Å². The van der Waals surface area contributed by atoms with Crippen LogP contribution in [0, 0.1) is 6.92 Å². The molecule has 94 valence electrons. The maximum Gasteiger partial charge on any atom is 0.243 e.